The van der Waals surface area contributed by atoms with Crippen LogP contribution >= 0.6 is 0 Å². The van der Waals surface area contributed by atoms with E-state index in [0.717, 1.165) is 19.4 Å². The molecule has 0 aromatic carbocycles. The van der Waals surface area contributed by atoms with Crippen LogP contribution in [0.25, 0.3) is 0 Å². The van der Waals surface area contributed by atoms with Crippen LogP contribution in [-0.4, -0.2) is 53.8 Å². The maximum atomic E-state index is 12.2. The van der Waals surface area contributed by atoms with E-state index in [1.807, 2.05) is 13.8 Å². The molecule has 0 radical (unpaired) electrons. The molecule has 6 nitrogen and oxygen atoms in total. The summed E-state index contributed by atoms with van der Waals surface area (Å²) < 4.78 is 5.55. The Bertz CT molecular complexity index is 381. The highest BCUT2D eigenvalue weighted by Gasteiger charge is 2.45. The van der Waals surface area contributed by atoms with Crippen molar-refractivity contribution in [2.24, 2.45) is 5.41 Å². The number of ether oxygens (including phenoxy) is 1. The Labute approximate surface area is 119 Å². The molecule has 0 bridgehead atoms. The monoisotopic (exact) mass is 284 g/mol. The first-order valence-corrected chi connectivity index (χ1v) is 7.39. The second-order valence-electron chi connectivity index (χ2n) is 5.90. The van der Waals surface area contributed by atoms with Crippen molar-refractivity contribution in [1.29, 1.82) is 0 Å². The van der Waals surface area contributed by atoms with Gasteiger partial charge in [0.15, 0.2) is 0 Å². The molecule has 2 saturated heterocycles. The highest BCUT2D eigenvalue weighted by molar-refractivity contribution is 5.79. The minimum Gasteiger partial charge on any atom is -0.481 e. The van der Waals surface area contributed by atoms with Crippen LogP contribution in [-0.2, 0) is 9.53 Å². The normalized spacial score (nSPS) is 31.3. The van der Waals surface area contributed by atoms with Gasteiger partial charge in [0, 0.05) is 19.7 Å². The van der Waals surface area contributed by atoms with E-state index in [0.29, 0.717) is 25.9 Å². The van der Waals surface area contributed by atoms with Crippen molar-refractivity contribution in [3.05, 3.63) is 0 Å². The SMILES string of the molecule is CCC1(C(=O)O)CCN(C(=O)NC(C)C2CCCO2)C1. The average molecular weight is 284 g/mol. The van der Waals surface area contributed by atoms with Crippen molar-refractivity contribution in [2.75, 3.05) is 19.7 Å². The summed E-state index contributed by atoms with van der Waals surface area (Å²) >= 11 is 0. The first kappa shape index (κ1) is 15.1. The van der Waals surface area contributed by atoms with E-state index in [2.05, 4.69) is 5.32 Å². The summed E-state index contributed by atoms with van der Waals surface area (Å²) in [5, 5.41) is 12.3. The number of hydrogen-bond acceptors (Lipinski definition) is 3. The van der Waals surface area contributed by atoms with Gasteiger partial charge in [0.1, 0.15) is 0 Å². The molecule has 2 amide bonds. The smallest absolute Gasteiger partial charge is 0.317 e. The molecule has 0 aliphatic carbocycles. The maximum absolute atomic E-state index is 12.2. The van der Waals surface area contributed by atoms with Crippen molar-refractivity contribution in [3.63, 3.8) is 0 Å². The number of carbonyl (C=O) groups excluding carboxylic acids is 1. The Morgan fingerprint density at radius 1 is 1.55 bits per heavy atom. The lowest BCUT2D eigenvalue weighted by molar-refractivity contribution is -0.148. The average Bonchev–Trinajstić information content (AvgIpc) is 3.08. The highest BCUT2D eigenvalue weighted by Crippen LogP contribution is 2.34. The first-order valence-electron chi connectivity index (χ1n) is 7.39. The van der Waals surface area contributed by atoms with Gasteiger partial charge in [-0.25, -0.2) is 4.79 Å². The van der Waals surface area contributed by atoms with E-state index in [4.69, 9.17) is 4.74 Å². The molecular formula is C14H24N2O4. The summed E-state index contributed by atoms with van der Waals surface area (Å²) in [6.45, 7) is 5.36. The molecular weight excluding hydrogens is 260 g/mol. The summed E-state index contributed by atoms with van der Waals surface area (Å²) in [6, 6.07) is -0.212. The van der Waals surface area contributed by atoms with Gasteiger partial charge < -0.3 is 20.1 Å². The van der Waals surface area contributed by atoms with E-state index >= 15 is 0 Å². The van der Waals surface area contributed by atoms with Gasteiger partial charge in [-0.1, -0.05) is 6.92 Å². The number of nitrogens with one attached hydrogen (secondary N) is 1. The van der Waals surface area contributed by atoms with Crippen LogP contribution in [0, 0.1) is 5.41 Å². The number of urea groups is 1. The van der Waals surface area contributed by atoms with Crippen molar-refractivity contribution in [1.82, 2.24) is 10.2 Å². The summed E-state index contributed by atoms with van der Waals surface area (Å²) in [7, 11) is 0. The number of carboxylic acid groups (broad SMARTS) is 1. The predicted molar refractivity (Wildman–Crippen MR) is 73.5 cm³/mol. The lowest BCUT2D eigenvalue weighted by atomic mass is 9.84. The van der Waals surface area contributed by atoms with Crippen molar-refractivity contribution in [3.8, 4) is 0 Å². The Kier molecular flexibility index (Phi) is 4.52. The molecule has 114 valence electrons. The second-order valence-corrected chi connectivity index (χ2v) is 5.90. The zero-order valence-electron chi connectivity index (χ0n) is 12.2. The standard InChI is InChI=1S/C14H24N2O4/c1-3-14(12(17)18)6-7-16(9-14)13(19)15-10(2)11-5-4-8-20-11/h10-11H,3-9H2,1-2H3,(H,15,19)(H,17,18). The van der Waals surface area contributed by atoms with E-state index in [1.54, 1.807) is 4.90 Å². The number of carbonyl (C=O) groups is 2. The molecule has 20 heavy (non-hydrogen) atoms. The molecule has 2 aliphatic heterocycles. The summed E-state index contributed by atoms with van der Waals surface area (Å²) in [5.74, 6) is -0.803. The van der Waals surface area contributed by atoms with Gasteiger partial charge in [-0.05, 0) is 32.6 Å². The molecule has 6 heteroatoms. The van der Waals surface area contributed by atoms with E-state index in [9.17, 15) is 14.7 Å². The number of rotatable bonds is 4. The van der Waals surface area contributed by atoms with Gasteiger partial charge in [0.2, 0.25) is 0 Å². The van der Waals surface area contributed by atoms with Gasteiger partial charge in [-0.3, -0.25) is 4.79 Å². The third-order valence-electron chi connectivity index (χ3n) is 4.65. The van der Waals surface area contributed by atoms with Crippen LogP contribution in [0.1, 0.15) is 39.5 Å². The van der Waals surface area contributed by atoms with E-state index in [-0.39, 0.29) is 18.2 Å². The van der Waals surface area contributed by atoms with Crippen LogP contribution in [0.3, 0.4) is 0 Å². The fraction of sp³-hybridized carbons (Fsp3) is 0.857. The Balaban J connectivity index is 1.89. The Morgan fingerprint density at radius 3 is 2.80 bits per heavy atom. The molecule has 3 atom stereocenters. The fourth-order valence-corrected chi connectivity index (χ4v) is 3.04. The molecule has 0 aromatic heterocycles. The molecule has 2 rings (SSSR count). The minimum absolute atomic E-state index is 0.0357. The van der Waals surface area contributed by atoms with Gasteiger partial charge >= 0.3 is 12.0 Å². The van der Waals surface area contributed by atoms with E-state index in [1.165, 1.54) is 0 Å². The maximum Gasteiger partial charge on any atom is 0.317 e. The molecule has 2 heterocycles. The van der Waals surface area contributed by atoms with E-state index < -0.39 is 11.4 Å². The number of hydrogen-bond donors (Lipinski definition) is 2. The predicted octanol–water partition coefficient (Wildman–Crippen LogP) is 1.45. The van der Waals surface area contributed by atoms with Gasteiger partial charge in [-0.2, -0.15) is 0 Å². The molecule has 3 unspecified atom stereocenters. The van der Waals surface area contributed by atoms with Gasteiger partial charge in [-0.15, -0.1) is 0 Å². The molecule has 2 aliphatic rings. The summed E-state index contributed by atoms with van der Waals surface area (Å²) in [5.41, 5.74) is -0.773. The minimum atomic E-state index is -0.803. The van der Waals surface area contributed by atoms with Crippen LogP contribution in [0.15, 0.2) is 0 Å². The zero-order valence-corrected chi connectivity index (χ0v) is 12.2. The number of nitrogens with zero attached hydrogens (tertiary/aromatic N) is 1. The van der Waals surface area contributed by atoms with Gasteiger partial charge in [0.25, 0.3) is 0 Å². The molecule has 2 N–H and O–H groups in total. The fourth-order valence-electron chi connectivity index (χ4n) is 3.04. The van der Waals surface area contributed by atoms with Crippen LogP contribution < -0.4 is 5.32 Å². The summed E-state index contributed by atoms with van der Waals surface area (Å²) in [6.07, 6.45) is 3.16. The molecule has 0 spiro atoms. The first-order chi connectivity index (χ1) is 9.48. The molecule has 0 saturated carbocycles. The van der Waals surface area contributed by atoms with Crippen molar-refractivity contribution in [2.45, 2.75) is 51.7 Å². The number of aliphatic carboxylic acids is 1. The Hall–Kier alpha value is -1.30. The van der Waals surface area contributed by atoms with Crippen molar-refractivity contribution >= 4 is 12.0 Å². The summed E-state index contributed by atoms with van der Waals surface area (Å²) in [4.78, 5) is 25.2. The van der Waals surface area contributed by atoms with Crippen LogP contribution in [0.4, 0.5) is 4.79 Å². The third kappa shape index (κ3) is 2.90. The number of amides is 2. The molecule has 0 aromatic rings. The van der Waals surface area contributed by atoms with Crippen LogP contribution in [0.2, 0.25) is 0 Å². The third-order valence-corrected chi connectivity index (χ3v) is 4.65. The quantitative estimate of drug-likeness (QED) is 0.819. The lowest BCUT2D eigenvalue weighted by Crippen LogP contribution is -2.48. The highest BCUT2D eigenvalue weighted by atomic mass is 16.5. The van der Waals surface area contributed by atoms with Crippen molar-refractivity contribution < 1.29 is 19.4 Å². The number of likely N-dealkylation sites (tertiary alicyclic amines) is 1. The largest absolute Gasteiger partial charge is 0.481 e. The second kappa shape index (κ2) is 5.99. The van der Waals surface area contributed by atoms with Gasteiger partial charge in [0.05, 0.1) is 17.6 Å². The zero-order chi connectivity index (χ0) is 14.8. The lowest BCUT2D eigenvalue weighted by Gasteiger charge is -2.26. The van der Waals surface area contributed by atoms with Crippen LogP contribution in [0.5, 0.6) is 0 Å². The topological polar surface area (TPSA) is 78.9 Å². The number of carboxylic acids is 1. The Morgan fingerprint density at radius 2 is 2.30 bits per heavy atom. The molecule has 2 fully saturated rings.